The van der Waals surface area contributed by atoms with Gasteiger partial charge in [0, 0.05) is 25.1 Å². The van der Waals surface area contributed by atoms with Gasteiger partial charge in [0.15, 0.2) is 5.82 Å². The van der Waals surface area contributed by atoms with E-state index in [1.165, 1.54) is 0 Å². The standard InChI is InChI=1S/C24H24N6O2/c31-22-15-28-23-21(30(22)16-18-7-1-4-10-25-18)13-17(14-27-23)24(32)29-12-6-3-9-20(29)19-8-2-5-11-26-19/h1-2,4-5,7-8,10-11,13-14,20H,3,6,9,12,15-16H2,(H,27,28). The first kappa shape index (κ1) is 20.1. The zero-order valence-corrected chi connectivity index (χ0v) is 17.6. The topological polar surface area (TPSA) is 91.3 Å². The first-order valence-corrected chi connectivity index (χ1v) is 10.9. The number of carbonyl (C=O) groups is 2. The van der Waals surface area contributed by atoms with E-state index in [4.69, 9.17) is 0 Å². The lowest BCUT2D eigenvalue weighted by Crippen LogP contribution is -2.41. The normalized spacial score (nSPS) is 18.1. The molecule has 32 heavy (non-hydrogen) atoms. The lowest BCUT2D eigenvalue weighted by atomic mass is 9.97. The summed E-state index contributed by atoms with van der Waals surface area (Å²) in [6.07, 6.45) is 7.96. The maximum absolute atomic E-state index is 13.5. The van der Waals surface area contributed by atoms with Gasteiger partial charge >= 0.3 is 0 Å². The Balaban J connectivity index is 1.45. The van der Waals surface area contributed by atoms with Crippen molar-refractivity contribution in [2.24, 2.45) is 0 Å². The Morgan fingerprint density at radius 3 is 2.69 bits per heavy atom. The molecule has 5 heterocycles. The number of hydrogen-bond acceptors (Lipinski definition) is 6. The third-order valence-corrected chi connectivity index (χ3v) is 5.95. The number of aromatic nitrogens is 3. The Morgan fingerprint density at radius 1 is 1.06 bits per heavy atom. The molecule has 1 N–H and O–H groups in total. The second-order valence-electron chi connectivity index (χ2n) is 8.01. The summed E-state index contributed by atoms with van der Waals surface area (Å²) in [5, 5.41) is 3.05. The fraction of sp³-hybridized carbons (Fsp3) is 0.292. The molecule has 1 saturated heterocycles. The number of nitrogens with zero attached hydrogens (tertiary/aromatic N) is 5. The van der Waals surface area contributed by atoms with Gasteiger partial charge in [0.2, 0.25) is 5.91 Å². The lowest BCUT2D eigenvalue weighted by molar-refractivity contribution is -0.117. The number of amides is 2. The lowest BCUT2D eigenvalue weighted by Gasteiger charge is -2.36. The van der Waals surface area contributed by atoms with Crippen LogP contribution in [0, 0.1) is 0 Å². The van der Waals surface area contributed by atoms with Crippen LogP contribution in [0.2, 0.25) is 0 Å². The van der Waals surface area contributed by atoms with Gasteiger partial charge in [-0.15, -0.1) is 0 Å². The van der Waals surface area contributed by atoms with Crippen molar-refractivity contribution in [1.82, 2.24) is 19.9 Å². The number of hydrogen-bond donors (Lipinski definition) is 1. The molecular formula is C24H24N6O2. The molecule has 162 valence electrons. The molecule has 1 atom stereocenters. The van der Waals surface area contributed by atoms with Crippen molar-refractivity contribution in [3.63, 3.8) is 0 Å². The molecule has 0 aliphatic carbocycles. The Bertz CT molecular complexity index is 1120. The summed E-state index contributed by atoms with van der Waals surface area (Å²) in [5.74, 6) is 0.419. The van der Waals surface area contributed by atoms with Crippen LogP contribution < -0.4 is 10.2 Å². The highest BCUT2D eigenvalue weighted by Gasteiger charge is 2.32. The Kier molecular flexibility index (Phi) is 5.49. The van der Waals surface area contributed by atoms with E-state index in [-0.39, 0.29) is 24.4 Å². The summed E-state index contributed by atoms with van der Waals surface area (Å²) in [7, 11) is 0. The van der Waals surface area contributed by atoms with Crippen LogP contribution in [0.25, 0.3) is 0 Å². The molecule has 3 aromatic rings. The molecule has 0 saturated carbocycles. The van der Waals surface area contributed by atoms with Crippen molar-refractivity contribution < 1.29 is 9.59 Å². The van der Waals surface area contributed by atoms with Crippen LogP contribution in [0.15, 0.2) is 61.1 Å². The van der Waals surface area contributed by atoms with Gasteiger partial charge in [0.1, 0.15) is 0 Å². The SMILES string of the molecule is O=C1CNc2ncc(C(=O)N3CCCCC3c3ccccn3)cc2N1Cc1ccccn1. The molecule has 0 radical (unpaired) electrons. The highest BCUT2D eigenvalue weighted by molar-refractivity contribution is 6.04. The minimum absolute atomic E-state index is 0.0575. The monoisotopic (exact) mass is 428 g/mol. The summed E-state index contributed by atoms with van der Waals surface area (Å²) in [6, 6.07) is 13.1. The van der Waals surface area contributed by atoms with Crippen LogP contribution in [-0.2, 0) is 11.3 Å². The molecule has 2 aliphatic rings. The van der Waals surface area contributed by atoms with Crippen molar-refractivity contribution in [3.8, 4) is 0 Å². The third kappa shape index (κ3) is 3.91. The van der Waals surface area contributed by atoms with Crippen molar-refractivity contribution in [2.45, 2.75) is 31.8 Å². The molecule has 1 unspecified atom stereocenters. The van der Waals surface area contributed by atoms with Crippen LogP contribution in [0.5, 0.6) is 0 Å². The van der Waals surface area contributed by atoms with Gasteiger partial charge in [0.25, 0.3) is 5.91 Å². The van der Waals surface area contributed by atoms with Crippen LogP contribution >= 0.6 is 0 Å². The van der Waals surface area contributed by atoms with Crippen LogP contribution in [0.3, 0.4) is 0 Å². The van der Waals surface area contributed by atoms with E-state index in [0.29, 0.717) is 30.2 Å². The van der Waals surface area contributed by atoms with Crippen LogP contribution in [-0.4, -0.2) is 44.8 Å². The number of fused-ring (bicyclic) bond motifs is 1. The number of rotatable bonds is 4. The predicted molar refractivity (Wildman–Crippen MR) is 120 cm³/mol. The van der Waals surface area contributed by atoms with E-state index in [0.717, 1.165) is 30.7 Å². The molecule has 2 amide bonds. The molecule has 3 aromatic heterocycles. The summed E-state index contributed by atoms with van der Waals surface area (Å²) in [6.45, 7) is 1.16. The minimum atomic E-state index is -0.0912. The quantitative estimate of drug-likeness (QED) is 0.686. The van der Waals surface area contributed by atoms with Crippen LogP contribution in [0.4, 0.5) is 11.5 Å². The average Bonchev–Trinajstić information content (AvgIpc) is 2.86. The summed E-state index contributed by atoms with van der Waals surface area (Å²) < 4.78 is 0. The molecular weight excluding hydrogens is 404 g/mol. The molecule has 5 rings (SSSR count). The van der Waals surface area contributed by atoms with Crippen molar-refractivity contribution in [3.05, 3.63) is 78.0 Å². The highest BCUT2D eigenvalue weighted by atomic mass is 16.2. The Morgan fingerprint density at radius 2 is 1.91 bits per heavy atom. The van der Waals surface area contributed by atoms with E-state index in [9.17, 15) is 9.59 Å². The number of pyridine rings is 3. The van der Waals surface area contributed by atoms with Gasteiger partial charge in [-0.2, -0.15) is 0 Å². The number of nitrogens with one attached hydrogen (secondary N) is 1. The fourth-order valence-electron chi connectivity index (χ4n) is 4.35. The van der Waals surface area contributed by atoms with E-state index < -0.39 is 0 Å². The highest BCUT2D eigenvalue weighted by Crippen LogP contribution is 2.33. The van der Waals surface area contributed by atoms with Gasteiger partial charge in [-0.3, -0.25) is 19.6 Å². The summed E-state index contributed by atoms with van der Waals surface area (Å²) >= 11 is 0. The first-order valence-electron chi connectivity index (χ1n) is 10.9. The van der Waals surface area contributed by atoms with Gasteiger partial charge in [-0.1, -0.05) is 12.1 Å². The van der Waals surface area contributed by atoms with Gasteiger partial charge in [-0.25, -0.2) is 4.98 Å². The second-order valence-corrected chi connectivity index (χ2v) is 8.01. The van der Waals surface area contributed by atoms with E-state index in [2.05, 4.69) is 20.3 Å². The molecule has 8 heteroatoms. The smallest absolute Gasteiger partial charge is 0.256 e. The molecule has 0 spiro atoms. The van der Waals surface area contributed by atoms with Crippen molar-refractivity contribution in [1.29, 1.82) is 0 Å². The molecule has 8 nitrogen and oxygen atoms in total. The fourth-order valence-corrected chi connectivity index (χ4v) is 4.35. The van der Waals surface area contributed by atoms with Crippen LogP contribution in [0.1, 0.15) is 47.1 Å². The number of piperidine rings is 1. The van der Waals surface area contributed by atoms with E-state index >= 15 is 0 Å². The molecule has 0 aromatic carbocycles. The van der Waals surface area contributed by atoms with Gasteiger partial charge in [-0.05, 0) is 49.6 Å². The molecule has 2 aliphatic heterocycles. The summed E-state index contributed by atoms with van der Waals surface area (Å²) in [4.78, 5) is 43.0. The predicted octanol–water partition coefficient (Wildman–Crippen LogP) is 3.20. The van der Waals surface area contributed by atoms with E-state index in [1.807, 2.05) is 41.3 Å². The Hall–Kier alpha value is -3.81. The maximum atomic E-state index is 13.5. The average molecular weight is 428 g/mol. The van der Waals surface area contributed by atoms with Crippen molar-refractivity contribution >= 4 is 23.3 Å². The number of carbonyl (C=O) groups excluding carboxylic acids is 2. The largest absolute Gasteiger partial charge is 0.359 e. The zero-order chi connectivity index (χ0) is 21.9. The summed E-state index contributed by atoms with van der Waals surface area (Å²) in [5.41, 5.74) is 2.75. The molecule has 0 bridgehead atoms. The van der Waals surface area contributed by atoms with Crippen molar-refractivity contribution in [2.75, 3.05) is 23.3 Å². The maximum Gasteiger partial charge on any atom is 0.256 e. The van der Waals surface area contributed by atoms with E-state index in [1.54, 1.807) is 29.6 Å². The van der Waals surface area contributed by atoms with Gasteiger partial charge in [0.05, 0.1) is 41.8 Å². The number of likely N-dealkylation sites (tertiary alicyclic amines) is 1. The second kappa shape index (κ2) is 8.74. The number of anilines is 2. The zero-order valence-electron chi connectivity index (χ0n) is 17.6. The first-order chi connectivity index (χ1) is 15.7. The minimum Gasteiger partial charge on any atom is -0.359 e. The Labute approximate surface area is 186 Å². The molecule has 1 fully saturated rings. The van der Waals surface area contributed by atoms with Gasteiger partial charge < -0.3 is 15.1 Å². The third-order valence-electron chi connectivity index (χ3n) is 5.95.